The van der Waals surface area contributed by atoms with E-state index < -0.39 is 0 Å². The molecule has 1 aliphatic rings. The predicted octanol–water partition coefficient (Wildman–Crippen LogP) is 2.72. The zero-order valence-corrected chi connectivity index (χ0v) is 14.5. The highest BCUT2D eigenvalue weighted by molar-refractivity contribution is 5.96. The highest BCUT2D eigenvalue weighted by atomic mass is 16.3. The molecule has 0 bridgehead atoms. The number of aromatic amines is 1. The molecule has 1 unspecified atom stereocenters. The average molecular weight is 342 g/mol. The van der Waals surface area contributed by atoms with Crippen LogP contribution in [0.25, 0.3) is 0 Å². The number of likely N-dealkylation sites (tertiary alicyclic amines) is 1. The fourth-order valence-electron chi connectivity index (χ4n) is 3.42. The van der Waals surface area contributed by atoms with Crippen LogP contribution >= 0.6 is 0 Å². The zero-order chi connectivity index (χ0) is 18.0. The Labute approximate surface area is 145 Å². The van der Waals surface area contributed by atoms with Crippen LogP contribution in [0.1, 0.15) is 58.4 Å². The molecule has 0 saturated carbocycles. The fraction of sp³-hybridized carbons (Fsp3) is 0.421. The molecule has 0 aliphatic carbocycles. The second-order valence-corrected chi connectivity index (χ2v) is 6.43. The summed E-state index contributed by atoms with van der Waals surface area (Å²) in [7, 11) is 0. The van der Waals surface area contributed by atoms with Crippen molar-refractivity contribution in [2.24, 2.45) is 0 Å². The van der Waals surface area contributed by atoms with Crippen LogP contribution in [-0.2, 0) is 6.42 Å². The van der Waals surface area contributed by atoms with Gasteiger partial charge in [-0.1, -0.05) is 6.92 Å². The first-order chi connectivity index (χ1) is 12.0. The number of pyridine rings is 1. The minimum Gasteiger partial charge on any atom is -0.461 e. The molecular weight excluding hydrogens is 320 g/mol. The van der Waals surface area contributed by atoms with E-state index in [0.717, 1.165) is 24.1 Å². The number of aromatic nitrogens is 1. The summed E-state index contributed by atoms with van der Waals surface area (Å²) < 4.78 is 5.14. The van der Waals surface area contributed by atoms with Gasteiger partial charge >= 0.3 is 0 Å². The molecule has 1 amide bonds. The number of hydrogen-bond acceptors (Lipinski definition) is 4. The van der Waals surface area contributed by atoms with Crippen molar-refractivity contribution in [3.63, 3.8) is 0 Å². The number of furan rings is 1. The van der Waals surface area contributed by atoms with Crippen LogP contribution in [-0.4, -0.2) is 34.2 Å². The number of nitrogens with one attached hydrogen (secondary N) is 1. The van der Waals surface area contributed by atoms with Gasteiger partial charge < -0.3 is 14.3 Å². The Morgan fingerprint density at radius 3 is 2.88 bits per heavy atom. The van der Waals surface area contributed by atoms with E-state index in [0.29, 0.717) is 18.7 Å². The molecule has 0 radical (unpaired) electrons. The molecule has 1 saturated heterocycles. The van der Waals surface area contributed by atoms with Crippen LogP contribution in [0.2, 0.25) is 0 Å². The summed E-state index contributed by atoms with van der Waals surface area (Å²) in [6, 6.07) is 4.75. The van der Waals surface area contributed by atoms with E-state index >= 15 is 0 Å². The van der Waals surface area contributed by atoms with Crippen molar-refractivity contribution in [3.05, 3.63) is 57.4 Å². The van der Waals surface area contributed by atoms with Crippen LogP contribution < -0.4 is 5.56 Å². The number of rotatable bonds is 5. The molecule has 25 heavy (non-hydrogen) atoms. The van der Waals surface area contributed by atoms with Gasteiger partial charge in [0.05, 0.1) is 6.26 Å². The van der Waals surface area contributed by atoms with Crippen LogP contribution in [0.4, 0.5) is 0 Å². The van der Waals surface area contributed by atoms with Crippen molar-refractivity contribution < 1.29 is 14.0 Å². The Bertz CT molecular complexity index is 836. The Morgan fingerprint density at radius 2 is 2.20 bits per heavy atom. The van der Waals surface area contributed by atoms with Crippen molar-refractivity contribution in [2.75, 3.05) is 6.54 Å². The zero-order valence-electron chi connectivity index (χ0n) is 14.5. The van der Waals surface area contributed by atoms with E-state index in [1.165, 1.54) is 6.26 Å². The van der Waals surface area contributed by atoms with E-state index in [9.17, 15) is 14.4 Å². The third-order valence-electron chi connectivity index (χ3n) is 4.78. The molecule has 3 heterocycles. The lowest BCUT2D eigenvalue weighted by Gasteiger charge is -2.24. The Morgan fingerprint density at radius 1 is 1.40 bits per heavy atom. The minimum absolute atomic E-state index is 0.124. The van der Waals surface area contributed by atoms with Crippen LogP contribution in [0.15, 0.2) is 33.7 Å². The molecule has 2 aromatic heterocycles. The summed E-state index contributed by atoms with van der Waals surface area (Å²) in [5, 5.41) is 0. The summed E-state index contributed by atoms with van der Waals surface area (Å²) in [5.74, 6) is -0.122. The van der Waals surface area contributed by atoms with Gasteiger partial charge in [-0.3, -0.25) is 14.4 Å². The summed E-state index contributed by atoms with van der Waals surface area (Å²) in [6.45, 7) is 4.40. The normalized spacial score (nSPS) is 17.0. The van der Waals surface area contributed by atoms with Gasteiger partial charge in [-0.25, -0.2) is 0 Å². The molecule has 1 atom stereocenters. The molecule has 3 rings (SSSR count). The van der Waals surface area contributed by atoms with Crippen molar-refractivity contribution in [3.8, 4) is 0 Å². The van der Waals surface area contributed by atoms with Gasteiger partial charge in [0.15, 0.2) is 11.5 Å². The molecule has 2 aromatic rings. The highest BCUT2D eigenvalue weighted by Gasteiger charge is 2.32. The molecule has 1 fully saturated rings. The fourth-order valence-corrected chi connectivity index (χ4v) is 3.42. The summed E-state index contributed by atoms with van der Waals surface area (Å²) >= 11 is 0. The van der Waals surface area contributed by atoms with Gasteiger partial charge in [0.25, 0.3) is 11.5 Å². The first kappa shape index (κ1) is 17.2. The molecular formula is C19H22N2O4. The van der Waals surface area contributed by atoms with Crippen LogP contribution in [0.3, 0.4) is 0 Å². The largest absolute Gasteiger partial charge is 0.461 e. The first-order valence-corrected chi connectivity index (χ1v) is 8.61. The summed E-state index contributed by atoms with van der Waals surface area (Å²) in [5.41, 5.74) is 1.52. The molecule has 1 aliphatic heterocycles. The van der Waals surface area contributed by atoms with Gasteiger partial charge in [-0.05, 0) is 49.9 Å². The van der Waals surface area contributed by atoms with Gasteiger partial charge in [0.1, 0.15) is 5.56 Å². The first-order valence-electron chi connectivity index (χ1n) is 8.61. The number of hydrogen-bond donors (Lipinski definition) is 1. The van der Waals surface area contributed by atoms with Crippen molar-refractivity contribution in [1.29, 1.82) is 0 Å². The smallest absolute Gasteiger partial charge is 0.261 e. The second kappa shape index (κ2) is 7.09. The molecule has 6 heteroatoms. The van der Waals surface area contributed by atoms with E-state index in [-0.39, 0.29) is 35.3 Å². The number of amides is 1. The minimum atomic E-state index is -0.365. The maximum absolute atomic E-state index is 12.9. The predicted molar refractivity (Wildman–Crippen MR) is 92.9 cm³/mol. The Kier molecular flexibility index (Phi) is 4.88. The van der Waals surface area contributed by atoms with Crippen LogP contribution in [0.5, 0.6) is 0 Å². The third-order valence-corrected chi connectivity index (χ3v) is 4.78. The van der Waals surface area contributed by atoms with Gasteiger partial charge in [-0.2, -0.15) is 0 Å². The SMILES string of the molecule is CCc1[nH]c(=O)c(C(=O)N2CCCC2CC(=O)c2ccco2)cc1C. The number of carbonyl (C=O) groups excluding carboxylic acids is 2. The van der Waals surface area contributed by atoms with E-state index in [1.807, 2.05) is 13.8 Å². The molecule has 132 valence electrons. The lowest BCUT2D eigenvalue weighted by atomic mass is 10.1. The number of nitrogens with zero attached hydrogens (tertiary/aromatic N) is 1. The van der Waals surface area contributed by atoms with E-state index in [1.54, 1.807) is 23.1 Å². The second-order valence-electron chi connectivity index (χ2n) is 6.43. The third kappa shape index (κ3) is 3.43. The van der Waals surface area contributed by atoms with Gasteiger partial charge in [0.2, 0.25) is 0 Å². The van der Waals surface area contributed by atoms with Crippen molar-refractivity contribution in [2.45, 2.75) is 45.6 Å². The average Bonchev–Trinajstić information content (AvgIpc) is 3.27. The lowest BCUT2D eigenvalue weighted by Crippen LogP contribution is -2.39. The van der Waals surface area contributed by atoms with E-state index in [2.05, 4.69) is 4.98 Å². The van der Waals surface area contributed by atoms with Gasteiger partial charge in [-0.15, -0.1) is 0 Å². The van der Waals surface area contributed by atoms with Crippen LogP contribution in [0, 0.1) is 6.92 Å². The molecule has 0 spiro atoms. The van der Waals surface area contributed by atoms with E-state index in [4.69, 9.17) is 4.42 Å². The molecule has 6 nitrogen and oxygen atoms in total. The molecule has 1 N–H and O–H groups in total. The summed E-state index contributed by atoms with van der Waals surface area (Å²) in [4.78, 5) is 41.9. The monoisotopic (exact) mass is 342 g/mol. The highest BCUT2D eigenvalue weighted by Crippen LogP contribution is 2.24. The number of Topliss-reactive ketones (excluding diaryl/α,β-unsaturated/α-hetero) is 1. The number of H-pyrrole nitrogens is 1. The maximum atomic E-state index is 12.9. The number of aryl methyl sites for hydroxylation is 2. The Balaban J connectivity index is 1.80. The topological polar surface area (TPSA) is 83.4 Å². The lowest BCUT2D eigenvalue weighted by molar-refractivity contribution is 0.0711. The van der Waals surface area contributed by atoms with Crippen molar-refractivity contribution >= 4 is 11.7 Å². The van der Waals surface area contributed by atoms with Crippen molar-refractivity contribution in [1.82, 2.24) is 9.88 Å². The van der Waals surface area contributed by atoms with Gasteiger partial charge in [0, 0.05) is 24.7 Å². The summed E-state index contributed by atoms with van der Waals surface area (Å²) in [6.07, 6.45) is 3.96. The Hall–Kier alpha value is -2.63. The maximum Gasteiger partial charge on any atom is 0.261 e. The standard InChI is InChI=1S/C19H22N2O4/c1-3-15-12(2)10-14(18(23)20-15)19(24)21-8-4-6-13(21)11-16(22)17-7-5-9-25-17/h5,7,9-10,13H,3-4,6,8,11H2,1-2H3,(H,20,23). The molecule has 0 aromatic carbocycles. The number of carbonyl (C=O) groups is 2. The number of ketones is 1. The quantitative estimate of drug-likeness (QED) is 0.847.